The number of aryl methyl sites for hydroxylation is 2. The molecular formula is C21H28N4O3S. The number of carbonyl (C=O) groups is 1. The van der Waals surface area contributed by atoms with Crippen LogP contribution in [-0.2, 0) is 15.4 Å². The molecule has 7 nitrogen and oxygen atoms in total. The van der Waals surface area contributed by atoms with Crippen molar-refractivity contribution in [3.63, 3.8) is 0 Å². The molecular weight excluding hydrogens is 388 g/mol. The summed E-state index contributed by atoms with van der Waals surface area (Å²) >= 11 is 0. The summed E-state index contributed by atoms with van der Waals surface area (Å²) in [5, 5.41) is 0. The zero-order valence-electron chi connectivity index (χ0n) is 17.6. The number of benzene rings is 1. The first kappa shape index (κ1) is 21.4. The van der Waals surface area contributed by atoms with Crippen LogP contribution in [0.3, 0.4) is 0 Å². The van der Waals surface area contributed by atoms with Gasteiger partial charge in [0.1, 0.15) is 5.69 Å². The maximum atomic E-state index is 13.3. The number of aromatic nitrogens is 2. The highest BCUT2D eigenvalue weighted by molar-refractivity contribution is 7.89. The van der Waals surface area contributed by atoms with Crippen molar-refractivity contribution in [1.29, 1.82) is 0 Å². The van der Waals surface area contributed by atoms with Gasteiger partial charge in [0.15, 0.2) is 0 Å². The Hall–Kier alpha value is -2.32. The van der Waals surface area contributed by atoms with Gasteiger partial charge in [0.05, 0.1) is 11.1 Å². The molecule has 0 atom stereocenters. The van der Waals surface area contributed by atoms with Crippen LogP contribution >= 0.6 is 0 Å². The van der Waals surface area contributed by atoms with E-state index in [0.717, 1.165) is 16.7 Å². The molecule has 2 heterocycles. The minimum atomic E-state index is -3.63. The van der Waals surface area contributed by atoms with Gasteiger partial charge in [0, 0.05) is 38.6 Å². The van der Waals surface area contributed by atoms with Crippen molar-refractivity contribution in [2.75, 3.05) is 26.2 Å². The van der Waals surface area contributed by atoms with Gasteiger partial charge in [0.25, 0.3) is 5.91 Å². The second-order valence-electron chi connectivity index (χ2n) is 8.48. The van der Waals surface area contributed by atoms with E-state index < -0.39 is 10.0 Å². The number of sulfonamides is 1. The highest BCUT2D eigenvalue weighted by atomic mass is 32.2. The molecule has 1 fully saturated rings. The van der Waals surface area contributed by atoms with Gasteiger partial charge in [-0.3, -0.25) is 9.78 Å². The maximum absolute atomic E-state index is 13.3. The Kier molecular flexibility index (Phi) is 5.78. The van der Waals surface area contributed by atoms with Gasteiger partial charge >= 0.3 is 0 Å². The highest BCUT2D eigenvalue weighted by Crippen LogP contribution is 2.31. The molecule has 2 aromatic rings. The molecule has 29 heavy (non-hydrogen) atoms. The minimum Gasteiger partial charge on any atom is -0.335 e. The molecule has 156 valence electrons. The summed E-state index contributed by atoms with van der Waals surface area (Å²) in [7, 11) is -3.63. The first-order valence-corrected chi connectivity index (χ1v) is 11.1. The van der Waals surface area contributed by atoms with E-state index >= 15 is 0 Å². The summed E-state index contributed by atoms with van der Waals surface area (Å²) in [6.45, 7) is 11.2. The Labute approximate surface area is 172 Å². The van der Waals surface area contributed by atoms with Gasteiger partial charge in [-0.25, -0.2) is 13.4 Å². The third kappa shape index (κ3) is 4.33. The maximum Gasteiger partial charge on any atom is 0.274 e. The second-order valence-corrected chi connectivity index (χ2v) is 10.4. The van der Waals surface area contributed by atoms with Crippen LogP contribution in [0, 0.1) is 13.8 Å². The van der Waals surface area contributed by atoms with Crippen molar-refractivity contribution >= 4 is 15.9 Å². The Bertz CT molecular complexity index is 983. The smallest absolute Gasteiger partial charge is 0.274 e. The topological polar surface area (TPSA) is 83.5 Å². The van der Waals surface area contributed by atoms with Crippen molar-refractivity contribution in [2.45, 2.75) is 44.9 Å². The fourth-order valence-corrected chi connectivity index (χ4v) is 5.46. The zero-order chi connectivity index (χ0) is 21.4. The Morgan fingerprint density at radius 3 is 2.07 bits per heavy atom. The summed E-state index contributed by atoms with van der Waals surface area (Å²) in [6.07, 6.45) is 4.41. The van der Waals surface area contributed by atoms with Crippen LogP contribution in [0.4, 0.5) is 0 Å². The number of carbonyl (C=O) groups excluding carboxylic acids is 1. The molecule has 0 N–H and O–H groups in total. The average molecular weight is 417 g/mol. The molecule has 1 aliphatic heterocycles. The first-order valence-electron chi connectivity index (χ1n) is 9.69. The molecule has 8 heteroatoms. The van der Waals surface area contributed by atoms with Crippen LogP contribution < -0.4 is 0 Å². The average Bonchev–Trinajstić information content (AvgIpc) is 2.66. The molecule has 1 saturated heterocycles. The van der Waals surface area contributed by atoms with Gasteiger partial charge in [-0.2, -0.15) is 4.31 Å². The van der Waals surface area contributed by atoms with Crippen LogP contribution in [0.15, 0.2) is 35.6 Å². The molecule has 0 unspecified atom stereocenters. The lowest BCUT2D eigenvalue weighted by molar-refractivity contribution is 0.0691. The number of hydrogen-bond acceptors (Lipinski definition) is 5. The van der Waals surface area contributed by atoms with Crippen molar-refractivity contribution in [3.05, 3.63) is 53.1 Å². The molecule has 3 rings (SSSR count). The molecule has 1 aliphatic rings. The standard InChI is InChI=1S/C21H28N4O3S/c1-15-12-17(21(3,4)5)13-16(2)19(15)29(27,28)25-10-8-24(9-11-25)20(26)18-14-22-6-7-23-18/h6-7,12-14H,8-11H2,1-5H3. The van der Waals surface area contributed by atoms with E-state index in [2.05, 4.69) is 30.7 Å². The van der Waals surface area contributed by atoms with E-state index in [1.165, 1.54) is 22.9 Å². The van der Waals surface area contributed by atoms with Gasteiger partial charge < -0.3 is 4.90 Å². The summed E-state index contributed by atoms with van der Waals surface area (Å²) in [5.74, 6) is -0.225. The normalized spacial score (nSPS) is 16.1. The van der Waals surface area contributed by atoms with Gasteiger partial charge in [0.2, 0.25) is 10.0 Å². The number of nitrogens with zero attached hydrogens (tertiary/aromatic N) is 4. The van der Waals surface area contributed by atoms with E-state index in [4.69, 9.17) is 0 Å². The molecule has 0 saturated carbocycles. The number of piperazine rings is 1. The molecule has 0 radical (unpaired) electrons. The number of amides is 1. The summed E-state index contributed by atoms with van der Waals surface area (Å²) < 4.78 is 28.1. The Morgan fingerprint density at radius 2 is 1.59 bits per heavy atom. The Balaban J connectivity index is 1.79. The Morgan fingerprint density at radius 1 is 1.00 bits per heavy atom. The number of hydrogen-bond donors (Lipinski definition) is 0. The molecule has 0 aliphatic carbocycles. The lowest BCUT2D eigenvalue weighted by atomic mass is 9.85. The summed E-state index contributed by atoms with van der Waals surface area (Å²) in [6, 6.07) is 3.93. The molecule has 0 bridgehead atoms. The van der Waals surface area contributed by atoms with Crippen molar-refractivity contribution in [3.8, 4) is 0 Å². The van der Waals surface area contributed by atoms with E-state index in [0.29, 0.717) is 18.0 Å². The zero-order valence-corrected chi connectivity index (χ0v) is 18.5. The SMILES string of the molecule is Cc1cc(C(C)(C)C)cc(C)c1S(=O)(=O)N1CCN(C(=O)c2cnccn2)CC1. The predicted octanol–water partition coefficient (Wildman–Crippen LogP) is 2.54. The molecule has 1 aromatic carbocycles. The van der Waals surface area contributed by atoms with E-state index in [-0.39, 0.29) is 30.1 Å². The van der Waals surface area contributed by atoms with Gasteiger partial charge in [-0.05, 0) is 36.0 Å². The first-order chi connectivity index (χ1) is 13.5. The predicted molar refractivity (Wildman–Crippen MR) is 111 cm³/mol. The largest absolute Gasteiger partial charge is 0.335 e. The van der Waals surface area contributed by atoms with Crippen LogP contribution in [0.1, 0.15) is 48.0 Å². The third-order valence-electron chi connectivity index (χ3n) is 5.23. The van der Waals surface area contributed by atoms with Crippen LogP contribution in [-0.4, -0.2) is 59.7 Å². The second kappa shape index (κ2) is 7.84. The van der Waals surface area contributed by atoms with Crippen molar-refractivity contribution in [2.24, 2.45) is 0 Å². The van der Waals surface area contributed by atoms with Crippen molar-refractivity contribution in [1.82, 2.24) is 19.2 Å². The van der Waals surface area contributed by atoms with Crippen LogP contribution in [0.25, 0.3) is 0 Å². The number of rotatable bonds is 3. The molecule has 1 amide bonds. The fraction of sp³-hybridized carbons (Fsp3) is 0.476. The molecule has 1 aromatic heterocycles. The lowest BCUT2D eigenvalue weighted by Gasteiger charge is -2.34. The van der Waals surface area contributed by atoms with E-state index in [1.807, 2.05) is 26.0 Å². The lowest BCUT2D eigenvalue weighted by Crippen LogP contribution is -2.50. The molecule has 0 spiro atoms. The minimum absolute atomic E-state index is 0.0515. The van der Waals surface area contributed by atoms with Crippen molar-refractivity contribution < 1.29 is 13.2 Å². The van der Waals surface area contributed by atoms with Gasteiger partial charge in [-0.15, -0.1) is 0 Å². The fourth-order valence-electron chi connectivity index (χ4n) is 3.62. The highest BCUT2D eigenvalue weighted by Gasteiger charge is 2.33. The monoisotopic (exact) mass is 416 g/mol. The summed E-state index contributed by atoms with van der Waals surface area (Å²) in [4.78, 5) is 22.5. The summed E-state index contributed by atoms with van der Waals surface area (Å²) in [5.41, 5.74) is 2.85. The van der Waals surface area contributed by atoms with E-state index in [9.17, 15) is 13.2 Å². The third-order valence-corrected chi connectivity index (χ3v) is 7.44. The van der Waals surface area contributed by atoms with Gasteiger partial charge in [-0.1, -0.05) is 32.9 Å². The quantitative estimate of drug-likeness (QED) is 0.768. The van der Waals surface area contributed by atoms with Crippen LogP contribution in [0.5, 0.6) is 0 Å². The van der Waals surface area contributed by atoms with Crippen LogP contribution in [0.2, 0.25) is 0 Å². The van der Waals surface area contributed by atoms with E-state index in [1.54, 1.807) is 4.90 Å².